The molecule has 0 aliphatic carbocycles. The largest absolute Gasteiger partial charge is 0.356 e. The van der Waals surface area contributed by atoms with Crippen molar-refractivity contribution in [2.75, 3.05) is 19.4 Å². The van der Waals surface area contributed by atoms with Crippen molar-refractivity contribution in [2.24, 2.45) is 0 Å². The number of anilines is 1. The summed E-state index contributed by atoms with van der Waals surface area (Å²) in [6, 6.07) is 7.42. The molecule has 0 bridgehead atoms. The number of para-hydroxylation sites is 1. The van der Waals surface area contributed by atoms with E-state index >= 15 is 0 Å². The quantitative estimate of drug-likeness (QED) is 0.585. The van der Waals surface area contributed by atoms with Gasteiger partial charge >= 0.3 is 0 Å². The lowest BCUT2D eigenvalue weighted by molar-refractivity contribution is -0.0985. The lowest BCUT2D eigenvalue weighted by Gasteiger charge is -2.20. The summed E-state index contributed by atoms with van der Waals surface area (Å²) in [5.74, 6) is 0. The Labute approximate surface area is 120 Å². The standard InChI is InChI=1S/C15H23NO4/c1-12(2)20-16(17)14-10-6-5-8-13(14)9-7-11-15(18-3)19-4/h5-10,12,15,17H,11H2,1-4H3. The molecule has 0 amide bonds. The van der Waals surface area contributed by atoms with Crippen molar-refractivity contribution in [3.05, 3.63) is 35.9 Å². The van der Waals surface area contributed by atoms with Crippen LogP contribution in [0.2, 0.25) is 0 Å². The monoisotopic (exact) mass is 281 g/mol. The first kappa shape index (κ1) is 16.7. The van der Waals surface area contributed by atoms with E-state index in [1.807, 2.05) is 44.2 Å². The van der Waals surface area contributed by atoms with Crippen LogP contribution in [0.5, 0.6) is 0 Å². The normalized spacial score (nSPS) is 11.8. The maximum atomic E-state index is 9.90. The maximum absolute atomic E-state index is 9.90. The zero-order valence-electron chi connectivity index (χ0n) is 12.4. The van der Waals surface area contributed by atoms with Crippen LogP contribution in [0.4, 0.5) is 5.69 Å². The fraction of sp³-hybridized carbons (Fsp3) is 0.467. The Morgan fingerprint density at radius 2 is 1.85 bits per heavy atom. The molecule has 0 saturated carbocycles. The van der Waals surface area contributed by atoms with Crippen LogP contribution in [-0.2, 0) is 14.3 Å². The van der Waals surface area contributed by atoms with Crippen molar-refractivity contribution in [1.29, 1.82) is 0 Å². The number of nitrogens with zero attached hydrogens (tertiary/aromatic N) is 1. The lowest BCUT2D eigenvalue weighted by Crippen LogP contribution is -2.23. The van der Waals surface area contributed by atoms with Crippen LogP contribution in [-0.4, -0.2) is 31.8 Å². The minimum atomic E-state index is -0.268. The van der Waals surface area contributed by atoms with Crippen molar-refractivity contribution in [2.45, 2.75) is 32.7 Å². The van der Waals surface area contributed by atoms with Crippen molar-refractivity contribution in [1.82, 2.24) is 0 Å². The molecule has 20 heavy (non-hydrogen) atoms. The maximum Gasteiger partial charge on any atom is 0.160 e. The molecule has 112 valence electrons. The third kappa shape index (κ3) is 5.30. The number of methoxy groups -OCH3 is 2. The summed E-state index contributed by atoms with van der Waals surface area (Å²) < 4.78 is 10.2. The van der Waals surface area contributed by atoms with Crippen molar-refractivity contribution in [3.63, 3.8) is 0 Å². The zero-order valence-corrected chi connectivity index (χ0v) is 12.4. The minimum absolute atomic E-state index is 0.108. The molecular formula is C15H23NO4. The van der Waals surface area contributed by atoms with E-state index in [-0.39, 0.29) is 12.4 Å². The van der Waals surface area contributed by atoms with Crippen LogP contribution in [0, 0.1) is 0 Å². The van der Waals surface area contributed by atoms with Crippen LogP contribution < -0.4 is 5.23 Å². The molecule has 0 spiro atoms. The highest BCUT2D eigenvalue weighted by molar-refractivity contribution is 5.65. The van der Waals surface area contributed by atoms with Gasteiger partial charge in [-0.2, -0.15) is 0 Å². The smallest absolute Gasteiger partial charge is 0.160 e. The van der Waals surface area contributed by atoms with E-state index in [4.69, 9.17) is 14.3 Å². The van der Waals surface area contributed by atoms with E-state index in [2.05, 4.69) is 0 Å². The summed E-state index contributed by atoms with van der Waals surface area (Å²) in [5, 5.41) is 10.7. The fourth-order valence-electron chi connectivity index (χ4n) is 1.65. The molecule has 1 aromatic rings. The summed E-state index contributed by atoms with van der Waals surface area (Å²) in [5.41, 5.74) is 1.44. The van der Waals surface area contributed by atoms with Gasteiger partial charge in [0.2, 0.25) is 0 Å². The second kappa shape index (κ2) is 8.71. The van der Waals surface area contributed by atoms with Crippen LogP contribution in [0.3, 0.4) is 0 Å². The van der Waals surface area contributed by atoms with Gasteiger partial charge in [-0.05, 0) is 19.9 Å². The molecule has 0 fully saturated rings. The Morgan fingerprint density at radius 1 is 1.20 bits per heavy atom. The SMILES string of the molecule is COC(CC=Cc1ccccc1N(O)OC(C)C)OC. The van der Waals surface area contributed by atoms with Gasteiger partial charge in [-0.25, -0.2) is 4.84 Å². The Kier molecular flexibility index (Phi) is 7.25. The number of hydrogen-bond donors (Lipinski definition) is 1. The van der Waals surface area contributed by atoms with E-state index in [1.165, 1.54) is 0 Å². The summed E-state index contributed by atoms with van der Waals surface area (Å²) in [6.07, 6.45) is 4.07. The van der Waals surface area contributed by atoms with Crippen molar-refractivity contribution >= 4 is 11.8 Å². The zero-order chi connectivity index (χ0) is 15.0. The Bertz CT molecular complexity index is 416. The highest BCUT2D eigenvalue weighted by Gasteiger charge is 2.09. The summed E-state index contributed by atoms with van der Waals surface area (Å²) >= 11 is 0. The molecule has 1 N–H and O–H groups in total. The fourth-order valence-corrected chi connectivity index (χ4v) is 1.65. The summed E-state index contributed by atoms with van der Waals surface area (Å²) in [6.45, 7) is 3.70. The average molecular weight is 281 g/mol. The lowest BCUT2D eigenvalue weighted by atomic mass is 10.1. The minimum Gasteiger partial charge on any atom is -0.356 e. The summed E-state index contributed by atoms with van der Waals surface area (Å²) in [7, 11) is 3.20. The van der Waals surface area contributed by atoms with Crippen molar-refractivity contribution in [3.8, 4) is 0 Å². The van der Waals surface area contributed by atoms with Gasteiger partial charge < -0.3 is 9.47 Å². The second-order valence-corrected chi connectivity index (χ2v) is 4.52. The molecule has 5 nitrogen and oxygen atoms in total. The Hall–Kier alpha value is -1.40. The van der Waals surface area contributed by atoms with Gasteiger partial charge in [-0.1, -0.05) is 30.4 Å². The van der Waals surface area contributed by atoms with Gasteiger partial charge in [0, 0.05) is 26.2 Å². The first-order chi connectivity index (χ1) is 9.58. The molecule has 0 unspecified atom stereocenters. The first-order valence-corrected chi connectivity index (χ1v) is 6.55. The average Bonchev–Trinajstić information content (AvgIpc) is 2.43. The molecule has 0 atom stereocenters. The number of hydrogen-bond acceptors (Lipinski definition) is 5. The molecule has 0 saturated heterocycles. The Morgan fingerprint density at radius 3 is 2.45 bits per heavy atom. The van der Waals surface area contributed by atoms with Crippen molar-refractivity contribution < 1.29 is 19.5 Å². The molecular weight excluding hydrogens is 258 g/mol. The van der Waals surface area contributed by atoms with Gasteiger partial charge in [0.1, 0.15) is 5.69 Å². The topological polar surface area (TPSA) is 51.2 Å². The number of rotatable bonds is 8. The van der Waals surface area contributed by atoms with Crippen LogP contribution in [0.25, 0.3) is 6.08 Å². The third-order valence-corrected chi connectivity index (χ3v) is 2.61. The van der Waals surface area contributed by atoms with E-state index in [0.29, 0.717) is 12.1 Å². The van der Waals surface area contributed by atoms with Gasteiger partial charge in [0.05, 0.1) is 6.10 Å². The third-order valence-electron chi connectivity index (χ3n) is 2.61. The second-order valence-electron chi connectivity index (χ2n) is 4.52. The molecule has 0 aliphatic heterocycles. The predicted octanol–water partition coefficient (Wildman–Crippen LogP) is 3.24. The van der Waals surface area contributed by atoms with Gasteiger partial charge in [0.15, 0.2) is 6.29 Å². The molecule has 1 rings (SSSR count). The predicted molar refractivity (Wildman–Crippen MR) is 78.4 cm³/mol. The van der Waals surface area contributed by atoms with E-state index < -0.39 is 0 Å². The molecule has 0 radical (unpaired) electrons. The number of ether oxygens (including phenoxy) is 2. The highest BCUT2D eigenvalue weighted by Crippen LogP contribution is 2.21. The molecule has 1 aromatic carbocycles. The Balaban J connectivity index is 2.77. The number of benzene rings is 1. The molecule has 0 aromatic heterocycles. The first-order valence-electron chi connectivity index (χ1n) is 6.55. The van der Waals surface area contributed by atoms with E-state index in [9.17, 15) is 5.21 Å². The summed E-state index contributed by atoms with van der Waals surface area (Å²) in [4.78, 5) is 5.25. The molecule has 5 heteroatoms. The van der Waals surface area contributed by atoms with E-state index in [0.717, 1.165) is 10.8 Å². The van der Waals surface area contributed by atoms with Gasteiger partial charge in [-0.15, -0.1) is 5.23 Å². The van der Waals surface area contributed by atoms with Gasteiger partial charge in [0.25, 0.3) is 0 Å². The van der Waals surface area contributed by atoms with Crippen LogP contribution in [0.1, 0.15) is 25.8 Å². The van der Waals surface area contributed by atoms with Crippen LogP contribution in [0.15, 0.2) is 30.3 Å². The van der Waals surface area contributed by atoms with Crippen LogP contribution >= 0.6 is 0 Å². The van der Waals surface area contributed by atoms with Gasteiger partial charge in [-0.3, -0.25) is 5.21 Å². The van der Waals surface area contributed by atoms with E-state index in [1.54, 1.807) is 20.3 Å². The highest BCUT2D eigenvalue weighted by atomic mass is 16.9. The molecule has 0 aliphatic rings. The molecule has 0 heterocycles.